The molecule has 7 heteroatoms. The molecular weight excluding hydrogens is 238 g/mol. The molecule has 0 aliphatic heterocycles. The number of nitrogens with zero attached hydrogens (tertiary/aromatic N) is 1. The summed E-state index contributed by atoms with van der Waals surface area (Å²) in [4.78, 5) is 34.5. The van der Waals surface area contributed by atoms with Crippen LogP contribution in [-0.2, 0) is 9.59 Å². The number of aliphatic carboxylic acids is 1. The van der Waals surface area contributed by atoms with Crippen molar-refractivity contribution in [2.75, 3.05) is 13.1 Å². The van der Waals surface area contributed by atoms with Crippen LogP contribution in [0.3, 0.4) is 0 Å². The first-order valence-corrected chi connectivity index (χ1v) is 5.75. The number of rotatable bonds is 7. The molecule has 0 atom stereocenters. The zero-order valence-corrected chi connectivity index (χ0v) is 11.0. The number of amides is 3. The van der Waals surface area contributed by atoms with Gasteiger partial charge in [0.2, 0.25) is 5.91 Å². The Kier molecular flexibility index (Phi) is 6.15. The molecule has 0 unspecified atom stereocenters. The molecule has 0 aromatic rings. The Morgan fingerprint density at radius 3 is 2.28 bits per heavy atom. The van der Waals surface area contributed by atoms with Crippen LogP contribution in [0.25, 0.3) is 0 Å². The molecule has 0 aliphatic rings. The van der Waals surface area contributed by atoms with Crippen LogP contribution >= 0.6 is 0 Å². The largest absolute Gasteiger partial charge is 0.481 e. The molecule has 3 amide bonds. The van der Waals surface area contributed by atoms with Gasteiger partial charge in [-0.2, -0.15) is 0 Å². The van der Waals surface area contributed by atoms with Gasteiger partial charge in [-0.3, -0.25) is 9.59 Å². The highest BCUT2D eigenvalue weighted by atomic mass is 16.4. The number of carbonyl (C=O) groups excluding carboxylic acids is 2. The molecule has 0 aromatic heterocycles. The summed E-state index contributed by atoms with van der Waals surface area (Å²) in [5.41, 5.74) is 4.33. The lowest BCUT2D eigenvalue weighted by atomic mass is 10.0. The third-order valence-corrected chi connectivity index (χ3v) is 2.33. The van der Waals surface area contributed by atoms with E-state index in [4.69, 9.17) is 10.8 Å². The molecule has 104 valence electrons. The number of nitrogens with two attached hydrogens (primary N) is 1. The van der Waals surface area contributed by atoms with Gasteiger partial charge >= 0.3 is 12.0 Å². The third-order valence-electron chi connectivity index (χ3n) is 2.33. The summed E-state index contributed by atoms with van der Waals surface area (Å²) >= 11 is 0. The van der Waals surface area contributed by atoms with Crippen molar-refractivity contribution in [1.82, 2.24) is 10.2 Å². The molecular formula is C11H21N3O4. The summed E-state index contributed by atoms with van der Waals surface area (Å²) in [6, 6.07) is -0.398. The minimum absolute atomic E-state index is 0.0230. The fraction of sp³-hybridized carbons (Fsp3) is 0.727. The molecule has 0 spiro atoms. The van der Waals surface area contributed by atoms with Crippen molar-refractivity contribution in [2.24, 2.45) is 5.73 Å². The molecule has 0 bridgehead atoms. The first-order valence-electron chi connectivity index (χ1n) is 5.75. The zero-order chi connectivity index (χ0) is 14.3. The van der Waals surface area contributed by atoms with Crippen molar-refractivity contribution in [1.29, 1.82) is 0 Å². The van der Waals surface area contributed by atoms with Crippen LogP contribution in [-0.4, -0.2) is 46.5 Å². The van der Waals surface area contributed by atoms with Crippen LogP contribution in [0.4, 0.5) is 4.79 Å². The van der Waals surface area contributed by atoms with Gasteiger partial charge in [0.05, 0.1) is 6.42 Å². The summed E-state index contributed by atoms with van der Waals surface area (Å²) in [6.07, 6.45) is -0.0905. The number of hydrogen-bond acceptors (Lipinski definition) is 3. The Labute approximate surface area is 106 Å². The van der Waals surface area contributed by atoms with Gasteiger partial charge in [0, 0.05) is 25.0 Å². The van der Waals surface area contributed by atoms with E-state index in [1.807, 2.05) is 0 Å². The molecule has 0 aromatic carbocycles. The fourth-order valence-electron chi connectivity index (χ4n) is 1.48. The third kappa shape index (κ3) is 6.72. The number of carboxylic acid groups (broad SMARTS) is 1. The van der Waals surface area contributed by atoms with Gasteiger partial charge in [0.25, 0.3) is 0 Å². The quantitative estimate of drug-likeness (QED) is 0.603. The van der Waals surface area contributed by atoms with E-state index in [0.717, 1.165) is 0 Å². The summed E-state index contributed by atoms with van der Waals surface area (Å²) in [7, 11) is 0. The molecule has 0 heterocycles. The van der Waals surface area contributed by atoms with Crippen LogP contribution < -0.4 is 11.1 Å². The maximum atomic E-state index is 11.9. The van der Waals surface area contributed by atoms with Crippen molar-refractivity contribution < 1.29 is 19.5 Å². The molecule has 18 heavy (non-hydrogen) atoms. The van der Waals surface area contributed by atoms with Gasteiger partial charge in [-0.1, -0.05) is 0 Å². The van der Waals surface area contributed by atoms with Crippen LogP contribution in [0.2, 0.25) is 0 Å². The number of primary amides is 1. The average molecular weight is 259 g/mol. The molecule has 4 N–H and O–H groups in total. The SMILES string of the molecule is CCN(CCC(=O)O)C(=O)NC(C)(C)CC(N)=O. The Balaban J connectivity index is 4.42. The highest BCUT2D eigenvalue weighted by molar-refractivity contribution is 5.79. The minimum atomic E-state index is -0.961. The Hall–Kier alpha value is -1.79. The summed E-state index contributed by atoms with van der Waals surface area (Å²) < 4.78 is 0. The maximum absolute atomic E-state index is 11.9. The van der Waals surface area contributed by atoms with Crippen LogP contribution in [0.15, 0.2) is 0 Å². The monoisotopic (exact) mass is 259 g/mol. The molecule has 0 saturated carbocycles. The Morgan fingerprint density at radius 1 is 1.33 bits per heavy atom. The van der Waals surface area contributed by atoms with E-state index >= 15 is 0 Å². The van der Waals surface area contributed by atoms with Crippen molar-refractivity contribution in [3.05, 3.63) is 0 Å². The van der Waals surface area contributed by atoms with Crippen molar-refractivity contribution in [3.8, 4) is 0 Å². The summed E-state index contributed by atoms with van der Waals surface area (Å²) in [5.74, 6) is -1.47. The van der Waals surface area contributed by atoms with Crippen molar-refractivity contribution in [2.45, 2.75) is 39.2 Å². The van der Waals surface area contributed by atoms with E-state index in [2.05, 4.69) is 5.32 Å². The van der Waals surface area contributed by atoms with E-state index in [-0.39, 0.29) is 19.4 Å². The smallest absolute Gasteiger partial charge is 0.317 e. The van der Waals surface area contributed by atoms with Gasteiger partial charge in [0.15, 0.2) is 0 Å². The number of carbonyl (C=O) groups is 3. The van der Waals surface area contributed by atoms with E-state index in [0.29, 0.717) is 6.54 Å². The predicted octanol–water partition coefficient (Wildman–Crippen LogP) is 0.147. The van der Waals surface area contributed by atoms with E-state index < -0.39 is 23.4 Å². The number of hydrogen-bond donors (Lipinski definition) is 3. The second kappa shape index (κ2) is 6.83. The second-order valence-electron chi connectivity index (χ2n) is 4.68. The van der Waals surface area contributed by atoms with Gasteiger partial charge in [-0.05, 0) is 20.8 Å². The maximum Gasteiger partial charge on any atom is 0.317 e. The standard InChI is InChI=1S/C11H21N3O4/c1-4-14(6-5-9(16)17)10(18)13-11(2,3)7-8(12)15/h4-7H2,1-3H3,(H2,12,15)(H,13,18)(H,16,17). The zero-order valence-electron chi connectivity index (χ0n) is 11.0. The second-order valence-corrected chi connectivity index (χ2v) is 4.68. The van der Waals surface area contributed by atoms with Crippen LogP contribution in [0, 0.1) is 0 Å². The molecule has 0 radical (unpaired) electrons. The van der Waals surface area contributed by atoms with Gasteiger partial charge < -0.3 is 21.1 Å². The predicted molar refractivity (Wildman–Crippen MR) is 65.9 cm³/mol. The summed E-state index contributed by atoms with van der Waals surface area (Å²) in [6.45, 7) is 5.64. The Bertz CT molecular complexity index is 328. The number of nitrogens with one attached hydrogen (secondary N) is 1. The molecule has 0 saturated heterocycles. The molecule has 0 rings (SSSR count). The van der Waals surface area contributed by atoms with Crippen molar-refractivity contribution >= 4 is 17.9 Å². The topological polar surface area (TPSA) is 113 Å². The highest BCUT2D eigenvalue weighted by Gasteiger charge is 2.25. The first-order chi connectivity index (χ1) is 8.18. The fourth-order valence-corrected chi connectivity index (χ4v) is 1.48. The van der Waals surface area contributed by atoms with Gasteiger partial charge in [0.1, 0.15) is 0 Å². The van der Waals surface area contributed by atoms with Crippen LogP contribution in [0.1, 0.15) is 33.6 Å². The normalized spacial score (nSPS) is 10.8. The van der Waals surface area contributed by atoms with Crippen LogP contribution in [0.5, 0.6) is 0 Å². The summed E-state index contributed by atoms with van der Waals surface area (Å²) in [5, 5.41) is 11.2. The van der Waals surface area contributed by atoms with Gasteiger partial charge in [-0.15, -0.1) is 0 Å². The van der Waals surface area contributed by atoms with E-state index in [1.54, 1.807) is 20.8 Å². The lowest BCUT2D eigenvalue weighted by Gasteiger charge is -2.29. The molecule has 0 fully saturated rings. The lowest BCUT2D eigenvalue weighted by molar-refractivity contribution is -0.137. The molecule has 7 nitrogen and oxygen atoms in total. The first kappa shape index (κ1) is 16.2. The highest BCUT2D eigenvalue weighted by Crippen LogP contribution is 2.08. The van der Waals surface area contributed by atoms with Gasteiger partial charge in [-0.25, -0.2) is 4.79 Å². The van der Waals surface area contributed by atoms with E-state index in [1.165, 1.54) is 4.90 Å². The lowest BCUT2D eigenvalue weighted by Crippen LogP contribution is -2.51. The number of carboxylic acids is 1. The van der Waals surface area contributed by atoms with Crippen molar-refractivity contribution in [3.63, 3.8) is 0 Å². The van der Waals surface area contributed by atoms with E-state index in [9.17, 15) is 14.4 Å². The molecule has 0 aliphatic carbocycles. The average Bonchev–Trinajstić information content (AvgIpc) is 2.14. The Morgan fingerprint density at radius 2 is 1.89 bits per heavy atom. The minimum Gasteiger partial charge on any atom is -0.481 e. The number of urea groups is 1.